The summed E-state index contributed by atoms with van der Waals surface area (Å²) in [4.78, 5) is 12.2. The summed E-state index contributed by atoms with van der Waals surface area (Å²) in [5.41, 5.74) is 5.80. The minimum absolute atomic E-state index is 0.153. The van der Waals surface area contributed by atoms with Crippen LogP contribution in [0.2, 0.25) is 0 Å². The number of hydrogen-bond acceptors (Lipinski definition) is 38. The number of nitrogens with zero attached hydrogens (tertiary/aromatic N) is 3. The first-order valence-electron chi connectivity index (χ1n) is 28.2. The molecule has 0 radical (unpaired) electrons. The summed E-state index contributed by atoms with van der Waals surface area (Å²) in [5, 5.41) is 234. The van der Waals surface area contributed by atoms with Crippen LogP contribution >= 0.6 is 0 Å². The number of nitrogens with one attached hydrogen (secondary N) is 1. The Morgan fingerprint density at radius 1 is 0.398 bits per heavy atom. The van der Waals surface area contributed by atoms with Crippen molar-refractivity contribution in [3.63, 3.8) is 0 Å². The molecule has 0 spiro atoms. The Balaban J connectivity index is 1.02. The van der Waals surface area contributed by atoms with Crippen LogP contribution in [-0.2, 0) is 84.2 Å². The molecule has 14 bridgehead atoms. The van der Waals surface area contributed by atoms with E-state index in [0.717, 1.165) is 4.68 Å². The van der Waals surface area contributed by atoms with Crippen molar-refractivity contribution in [2.24, 2.45) is 5.73 Å². The van der Waals surface area contributed by atoms with Crippen LogP contribution < -0.4 is 11.1 Å². The van der Waals surface area contributed by atoms with E-state index in [0.29, 0.717) is 0 Å². The van der Waals surface area contributed by atoms with E-state index < -0.39 is 273 Å². The van der Waals surface area contributed by atoms with Crippen molar-refractivity contribution in [2.45, 2.75) is 241 Å². The number of aliphatic hydroxyl groups excluding tert-OH is 20. The molecular formula is C48H79N5O35. The summed E-state index contributed by atoms with van der Waals surface area (Å²) < 4.78 is 82.4. The molecule has 0 saturated carbocycles. The molecule has 21 saturated heterocycles. The summed E-state index contributed by atoms with van der Waals surface area (Å²) in [5.74, 6) is -0.551. The number of nitrogens with two attached hydrogens (primary N) is 1. The molecule has 40 heteroatoms. The van der Waals surface area contributed by atoms with Crippen LogP contribution in [0.25, 0.3) is 0 Å². The van der Waals surface area contributed by atoms with Crippen molar-refractivity contribution in [1.82, 2.24) is 20.3 Å². The molecule has 40 nitrogen and oxygen atoms in total. The zero-order valence-electron chi connectivity index (χ0n) is 46.5. The number of carbonyl (C=O) groups excluding carboxylic acids is 1. The summed E-state index contributed by atoms with van der Waals surface area (Å²) in [6.45, 7) is -5.68. The fraction of sp³-hybridized carbons (Fsp3) is 0.938. The summed E-state index contributed by atoms with van der Waals surface area (Å²) in [6.07, 6.45) is -69.8. The van der Waals surface area contributed by atoms with Gasteiger partial charge in [0.05, 0.1) is 65.0 Å². The van der Waals surface area contributed by atoms with Gasteiger partial charge in [0.1, 0.15) is 177 Å². The second-order valence-electron chi connectivity index (χ2n) is 22.4. The highest BCUT2D eigenvalue weighted by Gasteiger charge is 2.59. The van der Waals surface area contributed by atoms with Crippen LogP contribution in [0.1, 0.15) is 12.6 Å². The van der Waals surface area contributed by atoms with Crippen molar-refractivity contribution < 1.29 is 173 Å². The first kappa shape index (κ1) is 69.5. The minimum Gasteiger partial charge on any atom is -0.394 e. The average Bonchev–Trinajstić information content (AvgIpc) is 1.42. The molecular weight excluding hydrogens is 1210 g/mol. The van der Waals surface area contributed by atoms with E-state index in [1.54, 1.807) is 0 Å². The van der Waals surface area contributed by atoms with Gasteiger partial charge in [0, 0.05) is 0 Å². The van der Waals surface area contributed by atoms with Gasteiger partial charge in [-0.05, 0) is 6.92 Å². The predicted molar refractivity (Wildman–Crippen MR) is 267 cm³/mol. The Hall–Kier alpha value is -2.79. The summed E-state index contributed by atoms with van der Waals surface area (Å²) in [6, 6.07) is -0.901. The monoisotopic (exact) mass is 1290 g/mol. The van der Waals surface area contributed by atoms with Crippen LogP contribution in [0, 0.1) is 0 Å². The Bertz CT molecular complexity index is 2350. The highest BCUT2D eigenvalue weighted by atomic mass is 16.8. The lowest BCUT2D eigenvalue weighted by Crippen LogP contribution is -2.68. The van der Waals surface area contributed by atoms with Crippen molar-refractivity contribution >= 4 is 5.91 Å². The largest absolute Gasteiger partial charge is 0.394 e. The van der Waals surface area contributed by atoms with E-state index in [1.807, 2.05) is 0 Å². The first-order valence-corrected chi connectivity index (χ1v) is 28.2. The summed E-state index contributed by atoms with van der Waals surface area (Å²) in [7, 11) is 0. The smallest absolute Gasteiger partial charge is 0.236 e. The first-order chi connectivity index (χ1) is 41.9. The van der Waals surface area contributed by atoms with Crippen molar-refractivity contribution in [1.29, 1.82) is 0 Å². The van der Waals surface area contributed by atoms with E-state index in [2.05, 4.69) is 15.6 Å². The molecule has 22 rings (SSSR count). The molecule has 1 amide bonds. The Morgan fingerprint density at radius 3 is 0.830 bits per heavy atom. The van der Waals surface area contributed by atoms with Crippen molar-refractivity contribution in [2.75, 3.05) is 39.6 Å². The van der Waals surface area contributed by atoms with Gasteiger partial charge in [-0.3, -0.25) is 4.79 Å². The standard InChI is InChI=1S/C48H79N5O35/c1-11(49)41(74)50-2-12-3-53(52-51-12)4-13-34-20(60)27(67)42(75-13)83-35-14(5-54)77-44(29(69)22(35)62)85-37-16(7-56)79-46(31(71)24(37)64)87-39-18(9-58)81-48(33(73)26(39)66)88-40-19(10-59)80-47(32(72)25(40)65)86-38-17(8-57)78-45(30(70)23(38)63)84-36-15(6-55)76-43(82-34)28(68)21(36)61/h3,11,13-40,42-48,54-73H,2,4-10,49H2,1H3,(H,50,74)/t11-,13+,14+,15+,16+,17+,18+,19+,20+,21+,22+,23+,24+,25+,26+,27+,28+,29+,30+,31+,32+,33+,34+,35+,36+,37+,38+,39+,40+,42+,43+,44+,45+,46+,47+,48+/m0/s1. The third kappa shape index (κ3) is 14.2. The lowest BCUT2D eigenvalue weighted by atomic mass is 9.95. The maximum atomic E-state index is 12.2. The lowest BCUT2D eigenvalue weighted by Gasteiger charge is -2.50. The van der Waals surface area contributed by atoms with Crippen LogP contribution in [0.15, 0.2) is 6.20 Å². The van der Waals surface area contributed by atoms with Gasteiger partial charge in [0.25, 0.3) is 0 Å². The number of carbonyl (C=O) groups is 1. The van der Waals surface area contributed by atoms with Crippen molar-refractivity contribution in [3.05, 3.63) is 11.9 Å². The SMILES string of the molecule is C[C@H](N)C(=O)NCc1cn(C[C@H]2O[C@@H]3O[C@H]4[C@H](O)[C@@H](O)[C@@H](O[C@H]5[C@H](O)[C@@H](O)[C@@H](O[C@H]6[C@H](O)[C@@H](O)[C@@H](O[C@H]7[C@H](O)[C@@H](O)[C@@H](O[C@H]8[C@H](O)[C@@H](O)[C@@H](O[C@H]9[C@H](O)[C@@H](O)[C@@H](O[C@H]2[C@H](O)[C@H]3O)O[C@@H]9CO)O[C@@H]8CO)O[C@@H]7CO)O[C@@H]6CO)O[C@@H]5CO)O[C@@H]4CO)nn1. The van der Waals surface area contributed by atoms with Crippen LogP contribution in [0.5, 0.6) is 0 Å². The zero-order valence-corrected chi connectivity index (χ0v) is 46.5. The second kappa shape index (κ2) is 29.7. The zero-order chi connectivity index (χ0) is 63.9. The van der Waals surface area contributed by atoms with Gasteiger partial charge >= 0.3 is 0 Å². The molecule has 36 atom stereocenters. The maximum absolute atomic E-state index is 12.2. The summed E-state index contributed by atoms with van der Waals surface area (Å²) >= 11 is 0. The number of aliphatic hydroxyl groups is 20. The van der Waals surface area contributed by atoms with Gasteiger partial charge in [-0.2, -0.15) is 0 Å². The molecule has 21 aliphatic heterocycles. The Kier molecular flexibility index (Phi) is 23.4. The topological polar surface area (TPSA) is 620 Å². The number of hydrogen-bond donors (Lipinski definition) is 22. The predicted octanol–water partition coefficient (Wildman–Crippen LogP) is -16.0. The average molecular weight is 1290 g/mol. The van der Waals surface area contributed by atoms with Gasteiger partial charge < -0.3 is 179 Å². The molecule has 1 aromatic rings. The van der Waals surface area contributed by atoms with E-state index in [-0.39, 0.29) is 12.2 Å². The number of aromatic nitrogens is 3. The maximum Gasteiger partial charge on any atom is 0.236 e. The molecule has 1 aromatic heterocycles. The van der Waals surface area contributed by atoms with E-state index in [4.69, 9.17) is 72.0 Å². The molecule has 21 aliphatic rings. The van der Waals surface area contributed by atoms with E-state index in [9.17, 15) is 107 Å². The van der Waals surface area contributed by atoms with E-state index >= 15 is 0 Å². The number of amides is 1. The quantitative estimate of drug-likeness (QED) is 0.0978. The fourth-order valence-electron chi connectivity index (χ4n) is 11.4. The van der Waals surface area contributed by atoms with Crippen LogP contribution in [0.4, 0.5) is 0 Å². The minimum atomic E-state index is -2.25. The lowest BCUT2D eigenvalue weighted by molar-refractivity contribution is -0.396. The molecule has 0 aliphatic carbocycles. The highest BCUT2D eigenvalue weighted by Crippen LogP contribution is 2.39. The number of rotatable bonds is 11. The van der Waals surface area contributed by atoms with E-state index in [1.165, 1.54) is 13.1 Å². The Labute approximate surface area is 496 Å². The molecule has 0 unspecified atom stereocenters. The Morgan fingerprint density at radius 2 is 0.614 bits per heavy atom. The van der Waals surface area contributed by atoms with Gasteiger partial charge in [-0.25, -0.2) is 4.68 Å². The molecule has 0 aromatic carbocycles. The molecule has 22 heterocycles. The molecule has 21 fully saturated rings. The third-order valence-electron chi connectivity index (χ3n) is 16.4. The second-order valence-corrected chi connectivity index (χ2v) is 22.4. The van der Waals surface area contributed by atoms with Crippen molar-refractivity contribution in [3.8, 4) is 0 Å². The molecule has 88 heavy (non-hydrogen) atoms. The third-order valence-corrected chi connectivity index (χ3v) is 16.4. The van der Waals surface area contributed by atoms with Crippen LogP contribution in [-0.4, -0.2) is 384 Å². The molecule has 506 valence electrons. The highest BCUT2D eigenvalue weighted by molar-refractivity contribution is 5.80. The number of ether oxygens (including phenoxy) is 14. The van der Waals surface area contributed by atoms with Crippen LogP contribution in [0.3, 0.4) is 0 Å². The fourth-order valence-corrected chi connectivity index (χ4v) is 11.4. The van der Waals surface area contributed by atoms with Gasteiger partial charge in [-0.1, -0.05) is 5.21 Å². The molecule has 23 N–H and O–H groups in total. The van der Waals surface area contributed by atoms with Gasteiger partial charge in [0.2, 0.25) is 5.91 Å². The normalized spacial score (nSPS) is 50.2. The van der Waals surface area contributed by atoms with Gasteiger partial charge in [0.15, 0.2) is 44.0 Å². The van der Waals surface area contributed by atoms with Gasteiger partial charge in [-0.15, -0.1) is 5.10 Å².